The van der Waals surface area contributed by atoms with E-state index in [2.05, 4.69) is 25.3 Å². The summed E-state index contributed by atoms with van der Waals surface area (Å²) in [6, 6.07) is 0.300. The SMILES string of the molecule is C=CCCCCCC(N)C(C)(C)N1CCCCCC1. The van der Waals surface area contributed by atoms with E-state index >= 15 is 0 Å². The fraction of sp³-hybridized carbons (Fsp3) is 0.882. The molecule has 0 aromatic heterocycles. The second-order valence-electron chi connectivity index (χ2n) is 6.59. The van der Waals surface area contributed by atoms with Crippen molar-refractivity contribution < 1.29 is 0 Å². The Morgan fingerprint density at radius 3 is 2.32 bits per heavy atom. The van der Waals surface area contributed by atoms with Gasteiger partial charge in [-0.3, -0.25) is 4.90 Å². The van der Waals surface area contributed by atoms with Gasteiger partial charge in [0.05, 0.1) is 0 Å². The van der Waals surface area contributed by atoms with Crippen LogP contribution in [0, 0.1) is 0 Å². The summed E-state index contributed by atoms with van der Waals surface area (Å²) in [6.07, 6.45) is 13.6. The summed E-state index contributed by atoms with van der Waals surface area (Å²) < 4.78 is 0. The summed E-state index contributed by atoms with van der Waals surface area (Å²) in [5, 5.41) is 0. The molecule has 1 unspecified atom stereocenters. The molecule has 1 heterocycles. The summed E-state index contributed by atoms with van der Waals surface area (Å²) >= 11 is 0. The van der Waals surface area contributed by atoms with Gasteiger partial charge in [-0.25, -0.2) is 0 Å². The summed E-state index contributed by atoms with van der Waals surface area (Å²) in [7, 11) is 0. The van der Waals surface area contributed by atoms with Crippen LogP contribution in [0.2, 0.25) is 0 Å². The van der Waals surface area contributed by atoms with Gasteiger partial charge in [0.1, 0.15) is 0 Å². The molecule has 2 N–H and O–H groups in total. The van der Waals surface area contributed by atoms with Gasteiger partial charge < -0.3 is 5.73 Å². The predicted octanol–water partition coefficient (Wildman–Crippen LogP) is 4.10. The van der Waals surface area contributed by atoms with E-state index in [-0.39, 0.29) is 5.54 Å². The molecule has 0 bridgehead atoms. The van der Waals surface area contributed by atoms with Gasteiger partial charge in [-0.15, -0.1) is 6.58 Å². The van der Waals surface area contributed by atoms with Crippen LogP contribution in [-0.4, -0.2) is 29.6 Å². The monoisotopic (exact) mass is 266 g/mol. The molecule has 1 atom stereocenters. The van der Waals surface area contributed by atoms with Gasteiger partial charge in [0.2, 0.25) is 0 Å². The van der Waals surface area contributed by atoms with Crippen LogP contribution in [0.25, 0.3) is 0 Å². The minimum Gasteiger partial charge on any atom is -0.326 e. The topological polar surface area (TPSA) is 29.3 Å². The van der Waals surface area contributed by atoms with Crippen LogP contribution in [0.15, 0.2) is 12.7 Å². The Bertz CT molecular complexity index is 240. The number of rotatable bonds is 8. The minimum atomic E-state index is 0.156. The summed E-state index contributed by atoms with van der Waals surface area (Å²) in [5.41, 5.74) is 6.64. The molecule has 2 nitrogen and oxygen atoms in total. The molecule has 0 aromatic rings. The number of allylic oxidation sites excluding steroid dienone is 1. The number of unbranched alkanes of at least 4 members (excludes halogenated alkanes) is 3. The maximum atomic E-state index is 6.49. The quantitative estimate of drug-likeness (QED) is 0.529. The highest BCUT2D eigenvalue weighted by Gasteiger charge is 2.32. The Hall–Kier alpha value is -0.340. The van der Waals surface area contributed by atoms with Gasteiger partial charge in [-0.1, -0.05) is 31.8 Å². The minimum absolute atomic E-state index is 0.156. The zero-order chi connectivity index (χ0) is 14.1. The van der Waals surface area contributed by atoms with E-state index in [9.17, 15) is 0 Å². The Labute approximate surface area is 120 Å². The normalized spacial score (nSPS) is 19.9. The maximum Gasteiger partial charge on any atom is 0.0304 e. The summed E-state index contributed by atoms with van der Waals surface area (Å²) in [4.78, 5) is 2.63. The van der Waals surface area contributed by atoms with Crippen LogP contribution >= 0.6 is 0 Å². The molecule has 19 heavy (non-hydrogen) atoms. The van der Waals surface area contributed by atoms with E-state index in [4.69, 9.17) is 5.73 Å². The molecule has 0 radical (unpaired) electrons. The lowest BCUT2D eigenvalue weighted by Crippen LogP contribution is -2.56. The largest absolute Gasteiger partial charge is 0.326 e. The first-order chi connectivity index (χ1) is 9.09. The van der Waals surface area contributed by atoms with Crippen LogP contribution in [0.5, 0.6) is 0 Å². The highest BCUT2D eigenvalue weighted by Crippen LogP contribution is 2.25. The van der Waals surface area contributed by atoms with Crippen LogP contribution in [0.4, 0.5) is 0 Å². The van der Waals surface area contributed by atoms with E-state index < -0.39 is 0 Å². The Morgan fingerprint density at radius 2 is 1.74 bits per heavy atom. The average molecular weight is 266 g/mol. The molecular formula is C17H34N2. The third-order valence-electron chi connectivity index (χ3n) is 4.75. The summed E-state index contributed by atoms with van der Waals surface area (Å²) in [6.45, 7) is 10.9. The van der Waals surface area contributed by atoms with E-state index in [1.54, 1.807) is 0 Å². The van der Waals surface area contributed by atoms with Gasteiger partial charge in [0.25, 0.3) is 0 Å². The maximum absolute atomic E-state index is 6.49. The van der Waals surface area contributed by atoms with Crippen molar-refractivity contribution in [3.05, 3.63) is 12.7 Å². The molecule has 2 heteroatoms. The molecule has 0 aromatic carbocycles. The molecule has 112 valence electrons. The van der Waals surface area contributed by atoms with Crippen molar-refractivity contribution in [3.63, 3.8) is 0 Å². The molecule has 1 aliphatic rings. The number of hydrogen-bond donors (Lipinski definition) is 1. The molecule has 1 saturated heterocycles. The van der Waals surface area contributed by atoms with Crippen molar-refractivity contribution in [2.45, 2.75) is 83.2 Å². The highest BCUT2D eigenvalue weighted by atomic mass is 15.2. The fourth-order valence-electron chi connectivity index (χ4n) is 3.06. The lowest BCUT2D eigenvalue weighted by Gasteiger charge is -2.42. The average Bonchev–Trinajstić information content (AvgIpc) is 2.67. The second kappa shape index (κ2) is 8.76. The van der Waals surface area contributed by atoms with Crippen LogP contribution in [0.1, 0.15) is 71.6 Å². The van der Waals surface area contributed by atoms with Gasteiger partial charge >= 0.3 is 0 Å². The predicted molar refractivity (Wildman–Crippen MR) is 85.4 cm³/mol. The smallest absolute Gasteiger partial charge is 0.0304 e. The number of hydrogen-bond acceptors (Lipinski definition) is 2. The molecule has 1 aliphatic heterocycles. The molecule has 0 amide bonds. The first-order valence-corrected chi connectivity index (χ1v) is 8.20. The highest BCUT2D eigenvalue weighted by molar-refractivity contribution is 4.92. The summed E-state index contributed by atoms with van der Waals surface area (Å²) in [5.74, 6) is 0. The third kappa shape index (κ3) is 5.66. The molecule has 0 spiro atoms. The zero-order valence-electron chi connectivity index (χ0n) is 13.2. The van der Waals surface area contributed by atoms with Gasteiger partial charge in [0.15, 0.2) is 0 Å². The number of likely N-dealkylation sites (tertiary alicyclic amines) is 1. The van der Waals surface area contributed by atoms with E-state index in [0.29, 0.717) is 6.04 Å². The van der Waals surface area contributed by atoms with Gasteiger partial charge in [-0.2, -0.15) is 0 Å². The first-order valence-electron chi connectivity index (χ1n) is 8.20. The molecule has 0 saturated carbocycles. The van der Waals surface area contributed by atoms with Gasteiger partial charge in [0, 0.05) is 11.6 Å². The molecule has 0 aliphatic carbocycles. The van der Waals surface area contributed by atoms with Crippen molar-refractivity contribution in [2.75, 3.05) is 13.1 Å². The van der Waals surface area contributed by atoms with Crippen molar-refractivity contribution in [1.29, 1.82) is 0 Å². The van der Waals surface area contributed by atoms with Crippen molar-refractivity contribution in [3.8, 4) is 0 Å². The van der Waals surface area contributed by atoms with Gasteiger partial charge in [-0.05, 0) is 59.0 Å². The Kier molecular flexibility index (Phi) is 7.70. The van der Waals surface area contributed by atoms with Crippen LogP contribution in [0.3, 0.4) is 0 Å². The molecule has 1 fully saturated rings. The second-order valence-corrected chi connectivity index (χ2v) is 6.59. The van der Waals surface area contributed by atoms with Crippen molar-refractivity contribution >= 4 is 0 Å². The Balaban J connectivity index is 2.34. The van der Waals surface area contributed by atoms with Crippen LogP contribution < -0.4 is 5.73 Å². The lowest BCUT2D eigenvalue weighted by molar-refractivity contribution is 0.0938. The molecule has 1 rings (SSSR count). The van der Waals surface area contributed by atoms with E-state index in [1.165, 1.54) is 58.0 Å². The van der Waals surface area contributed by atoms with Crippen molar-refractivity contribution in [1.82, 2.24) is 4.90 Å². The number of nitrogens with zero attached hydrogens (tertiary/aromatic N) is 1. The van der Waals surface area contributed by atoms with E-state index in [0.717, 1.165) is 12.8 Å². The lowest BCUT2D eigenvalue weighted by atomic mass is 9.88. The fourth-order valence-corrected chi connectivity index (χ4v) is 3.06. The van der Waals surface area contributed by atoms with Crippen LogP contribution in [-0.2, 0) is 0 Å². The first kappa shape index (κ1) is 16.7. The molecular weight excluding hydrogens is 232 g/mol. The van der Waals surface area contributed by atoms with E-state index in [1.807, 2.05) is 6.08 Å². The standard InChI is InChI=1S/C17H34N2/c1-4-5-6-7-10-13-16(18)17(2,3)19-14-11-8-9-12-15-19/h4,16H,1,5-15,18H2,2-3H3. The Morgan fingerprint density at radius 1 is 1.11 bits per heavy atom. The number of nitrogens with two attached hydrogens (primary N) is 1. The zero-order valence-corrected chi connectivity index (χ0v) is 13.2. The third-order valence-corrected chi connectivity index (χ3v) is 4.75. The van der Waals surface area contributed by atoms with Crippen molar-refractivity contribution in [2.24, 2.45) is 5.73 Å².